The highest BCUT2D eigenvalue weighted by Crippen LogP contribution is 2.34. The minimum Gasteiger partial charge on any atom is -0.207 e. The largest absolute Gasteiger partial charge is 0.389 e. The molecule has 0 saturated carbocycles. The van der Waals surface area contributed by atoms with Gasteiger partial charge in [0.2, 0.25) is 0 Å². The smallest absolute Gasteiger partial charge is 0.207 e. The van der Waals surface area contributed by atoms with E-state index in [1.54, 1.807) is 0 Å². The molecule has 7 heteroatoms. The average molecular weight is 321 g/mol. The minimum atomic E-state index is -4.37. The van der Waals surface area contributed by atoms with Gasteiger partial charge in [0.1, 0.15) is 5.82 Å². The predicted molar refractivity (Wildman–Crippen MR) is 53.3 cm³/mol. The zero-order valence-electron chi connectivity index (χ0n) is 8.29. The monoisotopic (exact) mass is 320 g/mol. The van der Waals surface area contributed by atoms with Crippen LogP contribution in [-0.4, -0.2) is 6.18 Å². The molecule has 0 bridgehead atoms. The Balaban J connectivity index is 2.82. The maximum atomic E-state index is 13.2. The van der Waals surface area contributed by atoms with Gasteiger partial charge in [-0.3, -0.25) is 0 Å². The van der Waals surface area contributed by atoms with Gasteiger partial charge in [0.05, 0.1) is 0 Å². The first-order valence-corrected chi connectivity index (χ1v) is 5.47. The summed E-state index contributed by atoms with van der Waals surface area (Å²) in [6, 6.07) is 0.868. The molecule has 0 heterocycles. The fourth-order valence-corrected chi connectivity index (χ4v) is 1.80. The Bertz CT molecular complexity index is 401. The lowest BCUT2D eigenvalue weighted by Gasteiger charge is -2.13. The SMILES string of the molecule is Fc1cc(F)c(C(Br)CCC(F)(F)F)cc1F. The second-order valence-corrected chi connectivity index (χ2v) is 4.51. The van der Waals surface area contributed by atoms with E-state index in [4.69, 9.17) is 0 Å². The zero-order chi connectivity index (χ0) is 13.2. The number of hydrogen-bond donors (Lipinski definition) is 0. The van der Waals surface area contributed by atoms with E-state index in [1.807, 2.05) is 0 Å². The van der Waals surface area contributed by atoms with Crippen LogP contribution >= 0.6 is 15.9 Å². The second-order valence-electron chi connectivity index (χ2n) is 3.41. The number of halogens is 7. The van der Waals surface area contributed by atoms with E-state index in [-0.39, 0.29) is 5.56 Å². The molecule has 1 aromatic carbocycles. The van der Waals surface area contributed by atoms with E-state index in [9.17, 15) is 26.3 Å². The fraction of sp³-hybridized carbons (Fsp3) is 0.400. The van der Waals surface area contributed by atoms with Gasteiger partial charge in [-0.2, -0.15) is 13.2 Å². The van der Waals surface area contributed by atoms with Gasteiger partial charge in [-0.05, 0) is 12.5 Å². The van der Waals surface area contributed by atoms with E-state index in [2.05, 4.69) is 15.9 Å². The molecule has 17 heavy (non-hydrogen) atoms. The van der Waals surface area contributed by atoms with Crippen LogP contribution in [-0.2, 0) is 0 Å². The van der Waals surface area contributed by atoms with Crippen LogP contribution in [0.1, 0.15) is 23.2 Å². The van der Waals surface area contributed by atoms with E-state index in [0.717, 1.165) is 0 Å². The first-order valence-electron chi connectivity index (χ1n) is 4.56. The molecule has 96 valence electrons. The Morgan fingerprint density at radius 2 is 1.53 bits per heavy atom. The summed E-state index contributed by atoms with van der Waals surface area (Å²) < 4.78 is 74.4. The molecule has 0 amide bonds. The standard InChI is InChI=1S/C10H7BrF6/c11-6(1-2-10(15,16)17)5-3-8(13)9(14)4-7(5)12/h3-4,6H,1-2H2. The van der Waals surface area contributed by atoms with Crippen LogP contribution in [0.4, 0.5) is 26.3 Å². The molecule has 1 atom stereocenters. The van der Waals surface area contributed by atoms with Crippen molar-refractivity contribution in [2.45, 2.75) is 23.8 Å². The number of hydrogen-bond acceptors (Lipinski definition) is 0. The Labute approximate surface area is 102 Å². The third-order valence-corrected chi connectivity index (χ3v) is 3.01. The molecule has 1 aromatic rings. The van der Waals surface area contributed by atoms with E-state index >= 15 is 0 Å². The summed E-state index contributed by atoms with van der Waals surface area (Å²) >= 11 is 2.82. The van der Waals surface area contributed by atoms with Gasteiger partial charge in [-0.1, -0.05) is 15.9 Å². The summed E-state index contributed by atoms with van der Waals surface area (Å²) in [7, 11) is 0. The highest BCUT2D eigenvalue weighted by atomic mass is 79.9. The predicted octanol–water partition coefficient (Wildman–Crippen LogP) is 4.88. The van der Waals surface area contributed by atoms with Crippen molar-refractivity contribution in [3.05, 3.63) is 35.1 Å². The highest BCUT2D eigenvalue weighted by molar-refractivity contribution is 9.09. The molecule has 0 spiro atoms. The van der Waals surface area contributed by atoms with Crippen molar-refractivity contribution in [2.75, 3.05) is 0 Å². The summed E-state index contributed by atoms with van der Waals surface area (Å²) in [4.78, 5) is -1.01. The van der Waals surface area contributed by atoms with Crippen LogP contribution in [0.3, 0.4) is 0 Å². The maximum absolute atomic E-state index is 13.2. The van der Waals surface area contributed by atoms with Crippen molar-refractivity contribution < 1.29 is 26.3 Å². The number of benzene rings is 1. The molecule has 0 aliphatic rings. The van der Waals surface area contributed by atoms with Crippen molar-refractivity contribution in [1.82, 2.24) is 0 Å². The third-order valence-electron chi connectivity index (χ3n) is 2.06. The Kier molecular flexibility index (Phi) is 4.46. The van der Waals surface area contributed by atoms with Crippen molar-refractivity contribution >= 4 is 15.9 Å². The first-order chi connectivity index (χ1) is 7.70. The second kappa shape index (κ2) is 5.29. The lowest BCUT2D eigenvalue weighted by molar-refractivity contribution is -0.135. The van der Waals surface area contributed by atoms with Gasteiger partial charge in [-0.25, -0.2) is 13.2 Å². The quantitative estimate of drug-likeness (QED) is 0.423. The van der Waals surface area contributed by atoms with Gasteiger partial charge in [0.25, 0.3) is 0 Å². The molecule has 0 saturated heterocycles. The Morgan fingerprint density at radius 1 is 1.00 bits per heavy atom. The van der Waals surface area contributed by atoms with Crippen LogP contribution in [0, 0.1) is 17.5 Å². The minimum absolute atomic E-state index is 0.312. The van der Waals surface area contributed by atoms with E-state index in [0.29, 0.717) is 12.1 Å². The summed E-state index contributed by atoms with van der Waals surface area (Å²) in [5, 5.41) is 0. The van der Waals surface area contributed by atoms with Crippen molar-refractivity contribution in [2.24, 2.45) is 0 Å². The lowest BCUT2D eigenvalue weighted by atomic mass is 10.1. The van der Waals surface area contributed by atoms with Gasteiger partial charge >= 0.3 is 6.18 Å². The molecule has 1 unspecified atom stereocenters. The molecule has 1 rings (SSSR count). The normalized spacial score (nSPS) is 13.8. The maximum Gasteiger partial charge on any atom is 0.389 e. The lowest BCUT2D eigenvalue weighted by Crippen LogP contribution is -2.09. The van der Waals surface area contributed by atoms with Crippen LogP contribution in [0.25, 0.3) is 0 Å². The molecule has 0 nitrogen and oxygen atoms in total. The Hall–Kier alpha value is -0.720. The van der Waals surface area contributed by atoms with Gasteiger partial charge in [0, 0.05) is 22.9 Å². The van der Waals surface area contributed by atoms with Crippen LogP contribution in [0.5, 0.6) is 0 Å². The Morgan fingerprint density at radius 3 is 2.06 bits per heavy atom. The van der Waals surface area contributed by atoms with Crippen molar-refractivity contribution in [3.8, 4) is 0 Å². The molecular weight excluding hydrogens is 314 g/mol. The van der Waals surface area contributed by atoms with Crippen molar-refractivity contribution in [3.63, 3.8) is 0 Å². The highest BCUT2D eigenvalue weighted by Gasteiger charge is 2.29. The van der Waals surface area contributed by atoms with Crippen LogP contribution in [0.2, 0.25) is 0 Å². The summed E-state index contributed by atoms with van der Waals surface area (Å²) in [5.74, 6) is -3.74. The van der Waals surface area contributed by atoms with Gasteiger partial charge in [0.15, 0.2) is 11.6 Å². The first kappa shape index (κ1) is 14.3. The molecule has 0 fully saturated rings. The summed E-state index contributed by atoms with van der Waals surface area (Å²) in [5.41, 5.74) is -0.326. The molecule has 0 aromatic heterocycles. The van der Waals surface area contributed by atoms with Crippen LogP contribution in [0.15, 0.2) is 12.1 Å². The zero-order valence-corrected chi connectivity index (χ0v) is 9.88. The van der Waals surface area contributed by atoms with Crippen LogP contribution < -0.4 is 0 Å². The van der Waals surface area contributed by atoms with Crippen molar-refractivity contribution in [1.29, 1.82) is 0 Å². The molecule has 0 radical (unpaired) electrons. The molecule has 0 N–H and O–H groups in total. The average Bonchev–Trinajstić information content (AvgIpc) is 2.19. The van der Waals surface area contributed by atoms with E-state index in [1.165, 1.54) is 0 Å². The fourth-order valence-electron chi connectivity index (χ4n) is 1.22. The molecule has 0 aliphatic carbocycles. The number of rotatable bonds is 3. The van der Waals surface area contributed by atoms with E-state index < -0.39 is 41.3 Å². The number of alkyl halides is 4. The summed E-state index contributed by atoms with van der Waals surface area (Å²) in [6.45, 7) is 0. The third kappa shape index (κ3) is 4.22. The summed E-state index contributed by atoms with van der Waals surface area (Å²) in [6.07, 6.45) is -5.96. The molecular formula is C10H7BrF6. The van der Waals surface area contributed by atoms with Gasteiger partial charge < -0.3 is 0 Å². The van der Waals surface area contributed by atoms with Gasteiger partial charge in [-0.15, -0.1) is 0 Å². The topological polar surface area (TPSA) is 0 Å². The molecule has 0 aliphatic heterocycles.